The van der Waals surface area contributed by atoms with E-state index in [2.05, 4.69) is 15.5 Å². The largest absolute Gasteiger partial charge is 0.488 e. The minimum atomic E-state index is -0.432. The van der Waals surface area contributed by atoms with E-state index in [1.165, 1.54) is 24.3 Å². The number of anilines is 1. The molecular formula is C34H40ClF2N5O3. The average Bonchev–Trinajstić information content (AvgIpc) is 3.57. The normalized spacial score (nSPS) is 20.1. The fraction of sp³-hybridized carbons (Fsp3) is 0.412. The molecule has 240 valence electrons. The second-order valence-corrected chi connectivity index (χ2v) is 11.7. The van der Waals surface area contributed by atoms with Gasteiger partial charge in [-0.15, -0.1) is 12.4 Å². The molecule has 3 saturated heterocycles. The molecule has 0 aliphatic carbocycles. The maximum Gasteiger partial charge on any atom is 0.254 e. The Morgan fingerprint density at radius 1 is 0.844 bits per heavy atom. The predicted octanol–water partition coefficient (Wildman–Crippen LogP) is 4.58. The Kier molecular flexibility index (Phi) is 10.6. The molecule has 2 amide bonds. The van der Waals surface area contributed by atoms with Gasteiger partial charge >= 0.3 is 0 Å². The molecule has 0 aromatic heterocycles. The number of ether oxygens (including phenoxy) is 1. The summed E-state index contributed by atoms with van der Waals surface area (Å²) < 4.78 is 34.7. The molecule has 0 saturated carbocycles. The third-order valence-electron chi connectivity index (χ3n) is 8.80. The van der Waals surface area contributed by atoms with Crippen molar-refractivity contribution in [3.63, 3.8) is 0 Å². The molecule has 6 rings (SSSR count). The third-order valence-corrected chi connectivity index (χ3v) is 8.80. The number of carbonyl (C=O) groups excluding carboxylic acids is 2. The highest BCUT2D eigenvalue weighted by molar-refractivity contribution is 5.98. The lowest BCUT2D eigenvalue weighted by Gasteiger charge is -2.41. The van der Waals surface area contributed by atoms with Crippen molar-refractivity contribution in [2.45, 2.75) is 31.9 Å². The maximum atomic E-state index is 14.6. The average molecular weight is 640 g/mol. The van der Waals surface area contributed by atoms with Crippen LogP contribution in [0.1, 0.15) is 40.5 Å². The topological polar surface area (TPSA) is 77.2 Å². The van der Waals surface area contributed by atoms with E-state index >= 15 is 0 Å². The van der Waals surface area contributed by atoms with Crippen molar-refractivity contribution < 1.29 is 23.1 Å². The summed E-state index contributed by atoms with van der Waals surface area (Å²) in [6.45, 7) is 7.84. The van der Waals surface area contributed by atoms with Crippen molar-refractivity contribution in [3.8, 4) is 16.9 Å². The third kappa shape index (κ3) is 7.40. The molecule has 11 heteroatoms. The van der Waals surface area contributed by atoms with Crippen LogP contribution in [-0.4, -0.2) is 92.7 Å². The highest BCUT2D eigenvalue weighted by atomic mass is 35.5. The molecule has 0 unspecified atom stereocenters. The minimum absolute atomic E-state index is 0. The maximum absolute atomic E-state index is 14.6. The van der Waals surface area contributed by atoms with Crippen molar-refractivity contribution in [2.75, 3.05) is 63.8 Å². The van der Waals surface area contributed by atoms with Gasteiger partial charge in [-0.05, 0) is 73.5 Å². The predicted molar refractivity (Wildman–Crippen MR) is 173 cm³/mol. The number of piperazine rings is 2. The van der Waals surface area contributed by atoms with Gasteiger partial charge in [-0.2, -0.15) is 0 Å². The lowest BCUT2D eigenvalue weighted by molar-refractivity contribution is 0.0380. The van der Waals surface area contributed by atoms with E-state index in [-0.39, 0.29) is 42.2 Å². The van der Waals surface area contributed by atoms with Crippen LogP contribution >= 0.6 is 12.4 Å². The molecule has 45 heavy (non-hydrogen) atoms. The Hall–Kier alpha value is -3.73. The molecule has 2 atom stereocenters. The van der Waals surface area contributed by atoms with Crippen LogP contribution in [0.5, 0.6) is 5.75 Å². The zero-order valence-electron chi connectivity index (χ0n) is 25.4. The van der Waals surface area contributed by atoms with Gasteiger partial charge in [0.15, 0.2) is 0 Å². The molecule has 2 N–H and O–H groups in total. The highest BCUT2D eigenvalue weighted by Crippen LogP contribution is 2.34. The first-order chi connectivity index (χ1) is 21.4. The number of hydrogen-bond donors (Lipinski definition) is 2. The second kappa shape index (κ2) is 14.6. The molecular weight excluding hydrogens is 600 g/mol. The van der Waals surface area contributed by atoms with Crippen LogP contribution in [0.3, 0.4) is 0 Å². The zero-order valence-corrected chi connectivity index (χ0v) is 26.3. The van der Waals surface area contributed by atoms with Crippen molar-refractivity contribution in [2.24, 2.45) is 0 Å². The number of carbonyl (C=O) groups is 2. The monoisotopic (exact) mass is 639 g/mol. The van der Waals surface area contributed by atoms with Crippen LogP contribution in [0, 0.1) is 11.6 Å². The molecule has 3 fully saturated rings. The van der Waals surface area contributed by atoms with Crippen molar-refractivity contribution >= 4 is 29.9 Å². The Bertz CT molecular complexity index is 1500. The summed E-state index contributed by atoms with van der Waals surface area (Å²) in [5.41, 5.74) is 3.04. The molecule has 0 bridgehead atoms. The van der Waals surface area contributed by atoms with Crippen molar-refractivity contribution in [1.29, 1.82) is 0 Å². The van der Waals surface area contributed by atoms with E-state index in [0.29, 0.717) is 48.6 Å². The highest BCUT2D eigenvalue weighted by Gasteiger charge is 2.33. The minimum Gasteiger partial charge on any atom is -0.488 e. The first-order valence-corrected chi connectivity index (χ1v) is 15.5. The van der Waals surface area contributed by atoms with Gasteiger partial charge in [-0.1, -0.05) is 19.1 Å². The van der Waals surface area contributed by atoms with E-state index in [4.69, 9.17) is 4.74 Å². The summed E-state index contributed by atoms with van der Waals surface area (Å²) in [5.74, 6) is -0.473. The molecule has 8 nitrogen and oxygen atoms in total. The lowest BCUT2D eigenvalue weighted by Crippen LogP contribution is -2.56. The summed E-state index contributed by atoms with van der Waals surface area (Å²) in [5, 5.41) is 6.59. The van der Waals surface area contributed by atoms with Gasteiger partial charge in [-0.3, -0.25) is 9.59 Å². The second-order valence-electron chi connectivity index (χ2n) is 11.7. The molecule has 0 spiro atoms. The van der Waals surface area contributed by atoms with Gasteiger partial charge in [-0.25, -0.2) is 8.78 Å². The van der Waals surface area contributed by atoms with Crippen LogP contribution in [0.25, 0.3) is 11.1 Å². The first-order valence-electron chi connectivity index (χ1n) is 15.5. The van der Waals surface area contributed by atoms with Gasteiger partial charge in [0.25, 0.3) is 11.8 Å². The Morgan fingerprint density at radius 3 is 2.33 bits per heavy atom. The quantitative estimate of drug-likeness (QED) is 0.394. The number of nitrogens with zero attached hydrogens (tertiary/aromatic N) is 3. The standard InChI is InChI=1S/C34H39F2N5O3.ClH/c1-2-28-22-40(33(42)25-17-27(36)20-29(18-25)39-13-11-37-12-14-39)15-16-41(28)34(43)24-5-8-32(44-30-9-10-38-21-30)31(19-24)23-3-6-26(35)7-4-23;/h3-8,17-20,28,30,37-38H,2,9-16,21-22H2,1H3;1H/t28-,30-;/m0./s1. The molecule has 3 aliphatic rings. The van der Waals surface area contributed by atoms with Gasteiger partial charge in [0, 0.05) is 80.8 Å². The SMILES string of the molecule is CC[C@H]1CN(C(=O)c2cc(F)cc(N3CCNCC3)c2)CCN1C(=O)c1ccc(O[C@H]2CCNC2)c(-c2ccc(F)cc2)c1.Cl. The van der Waals surface area contributed by atoms with Crippen molar-refractivity contribution in [3.05, 3.63) is 83.4 Å². The van der Waals surface area contributed by atoms with Crippen LogP contribution in [0.15, 0.2) is 60.7 Å². The van der Waals surface area contributed by atoms with Crippen molar-refractivity contribution in [1.82, 2.24) is 20.4 Å². The number of amides is 2. The summed E-state index contributed by atoms with van der Waals surface area (Å²) in [6.07, 6.45) is 1.57. The van der Waals surface area contributed by atoms with Crippen LogP contribution in [-0.2, 0) is 0 Å². The number of hydrogen-bond acceptors (Lipinski definition) is 6. The molecule has 0 radical (unpaired) electrons. The number of nitrogens with one attached hydrogen (secondary N) is 2. The van der Waals surface area contributed by atoms with Crippen LogP contribution < -0.4 is 20.3 Å². The van der Waals surface area contributed by atoms with E-state index in [9.17, 15) is 18.4 Å². The summed E-state index contributed by atoms with van der Waals surface area (Å²) in [6, 6.07) is 16.0. The van der Waals surface area contributed by atoms with Crippen LogP contribution in [0.4, 0.5) is 14.5 Å². The van der Waals surface area contributed by atoms with E-state index in [1.54, 1.807) is 29.2 Å². The smallest absolute Gasteiger partial charge is 0.254 e. The Labute approximate surface area is 269 Å². The first kappa shape index (κ1) is 32.7. The van der Waals surface area contributed by atoms with Gasteiger partial charge in [0.1, 0.15) is 23.5 Å². The Morgan fingerprint density at radius 2 is 1.62 bits per heavy atom. The number of halogens is 3. The summed E-state index contributed by atoms with van der Waals surface area (Å²) >= 11 is 0. The van der Waals surface area contributed by atoms with E-state index in [0.717, 1.165) is 56.8 Å². The van der Waals surface area contributed by atoms with E-state index < -0.39 is 5.82 Å². The molecule has 3 aliphatic heterocycles. The zero-order chi connectivity index (χ0) is 30.6. The van der Waals surface area contributed by atoms with Gasteiger partial charge < -0.3 is 30.1 Å². The summed E-state index contributed by atoms with van der Waals surface area (Å²) in [4.78, 5) is 33.1. The Balaban J connectivity index is 0.00000400. The number of rotatable bonds is 7. The molecule has 3 aromatic rings. The fourth-order valence-electron chi connectivity index (χ4n) is 6.34. The molecule has 3 aromatic carbocycles. The fourth-order valence-corrected chi connectivity index (χ4v) is 6.34. The lowest BCUT2D eigenvalue weighted by atomic mass is 9.99. The summed E-state index contributed by atoms with van der Waals surface area (Å²) in [7, 11) is 0. The van der Waals surface area contributed by atoms with Gasteiger partial charge in [0.2, 0.25) is 0 Å². The van der Waals surface area contributed by atoms with E-state index in [1.807, 2.05) is 24.0 Å². The number of benzene rings is 3. The van der Waals surface area contributed by atoms with Gasteiger partial charge in [0.05, 0.1) is 0 Å². The molecule has 3 heterocycles. The van der Waals surface area contributed by atoms with Crippen LogP contribution in [0.2, 0.25) is 0 Å².